The first kappa shape index (κ1) is 14.0. The van der Waals surface area contributed by atoms with Crippen LogP contribution in [0.5, 0.6) is 0 Å². The van der Waals surface area contributed by atoms with Crippen LogP contribution in [0.25, 0.3) is 0 Å². The lowest BCUT2D eigenvalue weighted by Crippen LogP contribution is -2.09. The monoisotopic (exact) mass is 297 g/mol. The molecule has 102 valence electrons. The Morgan fingerprint density at radius 3 is 2.58 bits per heavy atom. The van der Waals surface area contributed by atoms with Crippen molar-refractivity contribution in [1.82, 2.24) is 15.0 Å². The fourth-order valence-electron chi connectivity index (χ4n) is 1.66. The number of thiophene rings is 1. The van der Waals surface area contributed by atoms with E-state index in [2.05, 4.69) is 44.0 Å². The van der Waals surface area contributed by atoms with Crippen molar-refractivity contribution in [2.45, 2.75) is 26.8 Å². The van der Waals surface area contributed by atoms with Gasteiger partial charge in [-0.2, -0.15) is 15.0 Å². The average molecular weight is 298 g/mol. The summed E-state index contributed by atoms with van der Waals surface area (Å²) < 4.78 is 0. The molecule has 0 bridgehead atoms. The molecule has 2 aromatic heterocycles. The highest BCUT2D eigenvalue weighted by Crippen LogP contribution is 2.19. The number of nitrogens with one attached hydrogen (secondary N) is 2. The summed E-state index contributed by atoms with van der Waals surface area (Å²) in [5.41, 5.74) is 1.35. The van der Waals surface area contributed by atoms with Gasteiger partial charge in [0.05, 0.1) is 6.54 Å². The number of hydrogen-bond donors (Lipinski definition) is 2. The standard InChI is InChI=1S/C12H16ClN5S/c1-3-8-5-6-19-9(8)7-15-12-17-10(13)16-11(18-12)14-4-2/h5-6H,3-4,7H2,1-2H3,(H2,14,15,16,17,18). The van der Waals surface area contributed by atoms with Crippen LogP contribution in [0.2, 0.25) is 5.28 Å². The second-order valence-electron chi connectivity index (χ2n) is 3.86. The first-order chi connectivity index (χ1) is 9.22. The van der Waals surface area contributed by atoms with E-state index in [1.807, 2.05) is 6.92 Å². The van der Waals surface area contributed by atoms with Gasteiger partial charge in [-0.1, -0.05) is 6.92 Å². The molecule has 19 heavy (non-hydrogen) atoms. The lowest BCUT2D eigenvalue weighted by molar-refractivity contribution is 0.985. The van der Waals surface area contributed by atoms with Crippen LogP contribution in [0.15, 0.2) is 11.4 Å². The van der Waals surface area contributed by atoms with Gasteiger partial charge < -0.3 is 10.6 Å². The van der Waals surface area contributed by atoms with Crippen molar-refractivity contribution in [2.24, 2.45) is 0 Å². The highest BCUT2D eigenvalue weighted by Gasteiger charge is 2.06. The SMILES string of the molecule is CCNc1nc(Cl)nc(NCc2sccc2CC)n1. The molecule has 7 heteroatoms. The van der Waals surface area contributed by atoms with Crippen LogP contribution < -0.4 is 10.6 Å². The molecule has 0 saturated heterocycles. The van der Waals surface area contributed by atoms with Crippen molar-refractivity contribution in [3.63, 3.8) is 0 Å². The number of nitrogens with zero attached hydrogens (tertiary/aromatic N) is 3. The van der Waals surface area contributed by atoms with E-state index >= 15 is 0 Å². The lowest BCUT2D eigenvalue weighted by Gasteiger charge is -2.07. The molecule has 0 saturated carbocycles. The molecule has 0 atom stereocenters. The first-order valence-corrected chi connectivity index (χ1v) is 7.43. The summed E-state index contributed by atoms with van der Waals surface area (Å²) in [6.07, 6.45) is 1.03. The molecule has 0 aliphatic heterocycles. The third kappa shape index (κ3) is 3.78. The van der Waals surface area contributed by atoms with E-state index in [-0.39, 0.29) is 5.28 Å². The summed E-state index contributed by atoms with van der Waals surface area (Å²) >= 11 is 7.60. The van der Waals surface area contributed by atoms with E-state index in [0.717, 1.165) is 13.0 Å². The number of halogens is 1. The van der Waals surface area contributed by atoms with Crippen LogP contribution in [0.1, 0.15) is 24.3 Å². The maximum Gasteiger partial charge on any atom is 0.229 e. The highest BCUT2D eigenvalue weighted by atomic mass is 35.5. The van der Waals surface area contributed by atoms with Crippen molar-refractivity contribution in [1.29, 1.82) is 0 Å². The minimum absolute atomic E-state index is 0.190. The predicted molar refractivity (Wildman–Crippen MR) is 80.0 cm³/mol. The molecule has 0 fully saturated rings. The van der Waals surface area contributed by atoms with Gasteiger partial charge in [0.2, 0.25) is 17.2 Å². The van der Waals surface area contributed by atoms with Crippen LogP contribution in [0.4, 0.5) is 11.9 Å². The molecule has 0 amide bonds. The normalized spacial score (nSPS) is 10.5. The minimum Gasteiger partial charge on any atom is -0.354 e. The fourth-order valence-corrected chi connectivity index (χ4v) is 2.74. The average Bonchev–Trinajstić information content (AvgIpc) is 2.83. The summed E-state index contributed by atoms with van der Waals surface area (Å²) in [6, 6.07) is 2.14. The van der Waals surface area contributed by atoms with Gasteiger partial charge in [-0.15, -0.1) is 11.3 Å². The first-order valence-electron chi connectivity index (χ1n) is 6.17. The number of aryl methyl sites for hydroxylation is 1. The molecule has 2 rings (SSSR count). The van der Waals surface area contributed by atoms with Crippen molar-refractivity contribution < 1.29 is 0 Å². The van der Waals surface area contributed by atoms with Gasteiger partial charge in [0, 0.05) is 11.4 Å². The molecule has 0 unspecified atom stereocenters. The van der Waals surface area contributed by atoms with Gasteiger partial charge in [0.1, 0.15) is 0 Å². The smallest absolute Gasteiger partial charge is 0.229 e. The largest absolute Gasteiger partial charge is 0.354 e. The Hall–Kier alpha value is -1.40. The number of anilines is 2. The molecule has 2 heterocycles. The Labute approximate surface area is 121 Å². The van der Waals surface area contributed by atoms with Gasteiger partial charge in [-0.3, -0.25) is 0 Å². The quantitative estimate of drug-likeness (QED) is 0.857. The van der Waals surface area contributed by atoms with E-state index < -0.39 is 0 Å². The third-order valence-electron chi connectivity index (χ3n) is 2.57. The zero-order valence-corrected chi connectivity index (χ0v) is 12.5. The Balaban J connectivity index is 2.06. The Morgan fingerprint density at radius 2 is 1.89 bits per heavy atom. The van der Waals surface area contributed by atoms with Crippen LogP contribution in [-0.4, -0.2) is 21.5 Å². The predicted octanol–water partition coefficient (Wildman–Crippen LogP) is 3.19. The summed E-state index contributed by atoms with van der Waals surface area (Å²) in [7, 11) is 0. The van der Waals surface area contributed by atoms with Gasteiger partial charge in [0.15, 0.2) is 0 Å². The molecule has 0 aromatic carbocycles. The summed E-state index contributed by atoms with van der Waals surface area (Å²) in [4.78, 5) is 13.6. The zero-order chi connectivity index (χ0) is 13.7. The molecular formula is C12H16ClN5S. The second-order valence-corrected chi connectivity index (χ2v) is 5.20. The van der Waals surface area contributed by atoms with E-state index in [0.29, 0.717) is 18.4 Å². The Bertz CT molecular complexity index is 543. The number of hydrogen-bond acceptors (Lipinski definition) is 6. The molecule has 0 spiro atoms. The van der Waals surface area contributed by atoms with Crippen LogP contribution >= 0.6 is 22.9 Å². The molecule has 2 aromatic rings. The Kier molecular flexibility index (Phi) is 4.93. The summed E-state index contributed by atoms with van der Waals surface area (Å²) in [5, 5.41) is 8.49. The number of rotatable bonds is 6. The maximum atomic E-state index is 5.87. The van der Waals surface area contributed by atoms with E-state index in [4.69, 9.17) is 11.6 Å². The molecular weight excluding hydrogens is 282 g/mol. The molecule has 0 aliphatic carbocycles. The number of aromatic nitrogens is 3. The minimum atomic E-state index is 0.190. The zero-order valence-electron chi connectivity index (χ0n) is 10.9. The summed E-state index contributed by atoms with van der Waals surface area (Å²) in [5.74, 6) is 0.985. The van der Waals surface area contributed by atoms with Crippen molar-refractivity contribution in [3.05, 3.63) is 27.2 Å². The van der Waals surface area contributed by atoms with Crippen molar-refractivity contribution in [3.8, 4) is 0 Å². The molecule has 0 aliphatic rings. The molecule has 5 nitrogen and oxygen atoms in total. The second kappa shape index (κ2) is 6.68. The Morgan fingerprint density at radius 1 is 1.16 bits per heavy atom. The van der Waals surface area contributed by atoms with Crippen LogP contribution in [0.3, 0.4) is 0 Å². The van der Waals surface area contributed by atoms with Gasteiger partial charge in [-0.25, -0.2) is 0 Å². The molecule has 0 radical (unpaired) electrons. The van der Waals surface area contributed by atoms with Gasteiger partial charge >= 0.3 is 0 Å². The maximum absolute atomic E-state index is 5.87. The topological polar surface area (TPSA) is 62.7 Å². The molecule has 2 N–H and O–H groups in total. The highest BCUT2D eigenvalue weighted by molar-refractivity contribution is 7.10. The van der Waals surface area contributed by atoms with E-state index in [1.54, 1.807) is 11.3 Å². The van der Waals surface area contributed by atoms with Crippen LogP contribution in [-0.2, 0) is 13.0 Å². The van der Waals surface area contributed by atoms with Crippen molar-refractivity contribution in [2.75, 3.05) is 17.2 Å². The third-order valence-corrected chi connectivity index (χ3v) is 3.70. The van der Waals surface area contributed by atoms with Crippen molar-refractivity contribution >= 4 is 34.8 Å². The lowest BCUT2D eigenvalue weighted by atomic mass is 10.2. The van der Waals surface area contributed by atoms with E-state index in [1.165, 1.54) is 10.4 Å². The van der Waals surface area contributed by atoms with Gasteiger partial charge in [-0.05, 0) is 42.0 Å². The van der Waals surface area contributed by atoms with E-state index in [9.17, 15) is 0 Å². The fraction of sp³-hybridized carbons (Fsp3) is 0.417. The van der Waals surface area contributed by atoms with Gasteiger partial charge in [0.25, 0.3) is 0 Å². The summed E-state index contributed by atoms with van der Waals surface area (Å²) in [6.45, 7) is 5.57. The van der Waals surface area contributed by atoms with Crippen LogP contribution in [0, 0.1) is 0 Å².